The molecule has 0 radical (unpaired) electrons. The first-order valence-electron chi connectivity index (χ1n) is 8.14. The third-order valence-electron chi connectivity index (χ3n) is 4.55. The Kier molecular flexibility index (Phi) is 4.95. The maximum atomic E-state index is 12.4. The van der Waals surface area contributed by atoms with Gasteiger partial charge in [0.05, 0.1) is 0 Å². The van der Waals surface area contributed by atoms with Crippen molar-refractivity contribution in [2.75, 3.05) is 6.54 Å². The molecular formula is C16H30N2O2. The lowest BCUT2D eigenvalue weighted by atomic mass is 9.77. The third kappa shape index (κ3) is 3.87. The van der Waals surface area contributed by atoms with E-state index in [0.29, 0.717) is 5.92 Å². The van der Waals surface area contributed by atoms with Crippen LogP contribution in [0, 0.1) is 5.92 Å². The lowest BCUT2D eigenvalue weighted by molar-refractivity contribution is -0.00353. The highest BCUT2D eigenvalue weighted by Crippen LogP contribution is 2.33. The SMILES string of the molecule is CC(C)(C)OC(=O)N1CCCC[C@H]1[C@H]1CCCC[C@@H]1N. The highest BCUT2D eigenvalue weighted by atomic mass is 16.6. The number of ether oxygens (including phenoxy) is 1. The summed E-state index contributed by atoms with van der Waals surface area (Å²) in [5, 5.41) is 0. The first kappa shape index (κ1) is 15.6. The molecule has 0 unspecified atom stereocenters. The van der Waals surface area contributed by atoms with E-state index < -0.39 is 5.60 Å². The van der Waals surface area contributed by atoms with Gasteiger partial charge < -0.3 is 15.4 Å². The van der Waals surface area contributed by atoms with Crippen LogP contribution in [0.15, 0.2) is 0 Å². The zero-order chi connectivity index (χ0) is 14.8. The Morgan fingerprint density at radius 2 is 1.75 bits per heavy atom. The van der Waals surface area contributed by atoms with Crippen LogP contribution in [0.1, 0.15) is 65.7 Å². The zero-order valence-corrected chi connectivity index (χ0v) is 13.2. The predicted octanol–water partition coefficient (Wildman–Crippen LogP) is 3.29. The van der Waals surface area contributed by atoms with Gasteiger partial charge in [-0.15, -0.1) is 0 Å². The van der Waals surface area contributed by atoms with Crippen molar-refractivity contribution in [2.24, 2.45) is 11.7 Å². The van der Waals surface area contributed by atoms with Crippen LogP contribution in [-0.4, -0.2) is 35.2 Å². The molecule has 1 aliphatic heterocycles. The fourth-order valence-corrected chi connectivity index (χ4v) is 3.62. The minimum atomic E-state index is -0.423. The normalized spacial score (nSPS) is 32.0. The average Bonchev–Trinajstić information content (AvgIpc) is 2.37. The Morgan fingerprint density at radius 3 is 2.40 bits per heavy atom. The van der Waals surface area contributed by atoms with E-state index in [2.05, 4.69) is 0 Å². The van der Waals surface area contributed by atoms with Gasteiger partial charge in [0.15, 0.2) is 0 Å². The van der Waals surface area contributed by atoms with Gasteiger partial charge in [-0.1, -0.05) is 12.8 Å². The maximum Gasteiger partial charge on any atom is 0.410 e. The molecule has 1 saturated heterocycles. The molecular weight excluding hydrogens is 252 g/mol. The molecule has 2 fully saturated rings. The number of nitrogens with zero attached hydrogens (tertiary/aromatic N) is 1. The molecule has 2 N–H and O–H groups in total. The number of nitrogens with two attached hydrogens (primary N) is 1. The Bertz CT molecular complexity index is 338. The number of hydrogen-bond donors (Lipinski definition) is 1. The molecule has 4 nitrogen and oxygen atoms in total. The van der Waals surface area contributed by atoms with Crippen molar-refractivity contribution in [1.29, 1.82) is 0 Å². The zero-order valence-electron chi connectivity index (χ0n) is 13.2. The second-order valence-corrected chi connectivity index (χ2v) is 7.35. The molecule has 1 saturated carbocycles. The molecule has 2 rings (SSSR count). The standard InChI is InChI=1S/C16H30N2O2/c1-16(2,3)20-15(19)18-11-7-6-10-14(18)12-8-4-5-9-13(12)17/h12-14H,4-11,17H2,1-3H3/t12-,13-,14-/m0/s1. The predicted molar refractivity (Wildman–Crippen MR) is 80.5 cm³/mol. The lowest BCUT2D eigenvalue weighted by Crippen LogP contribution is -2.53. The Hall–Kier alpha value is -0.770. The van der Waals surface area contributed by atoms with Crippen molar-refractivity contribution >= 4 is 6.09 Å². The summed E-state index contributed by atoms with van der Waals surface area (Å²) in [4.78, 5) is 14.4. The van der Waals surface area contributed by atoms with Crippen LogP contribution in [0.2, 0.25) is 0 Å². The number of likely N-dealkylation sites (tertiary alicyclic amines) is 1. The van der Waals surface area contributed by atoms with E-state index >= 15 is 0 Å². The van der Waals surface area contributed by atoms with E-state index in [4.69, 9.17) is 10.5 Å². The number of rotatable bonds is 1. The molecule has 3 atom stereocenters. The summed E-state index contributed by atoms with van der Waals surface area (Å²) in [6.07, 6.45) is 7.95. The first-order chi connectivity index (χ1) is 9.38. The summed E-state index contributed by atoms with van der Waals surface area (Å²) in [7, 11) is 0. The molecule has 0 bridgehead atoms. The van der Waals surface area contributed by atoms with Crippen molar-refractivity contribution in [3.05, 3.63) is 0 Å². The highest BCUT2D eigenvalue weighted by Gasteiger charge is 2.38. The van der Waals surface area contributed by atoms with Gasteiger partial charge in [-0.05, 0) is 58.8 Å². The Morgan fingerprint density at radius 1 is 1.10 bits per heavy atom. The first-order valence-corrected chi connectivity index (χ1v) is 8.14. The van der Waals surface area contributed by atoms with Crippen LogP contribution in [0.4, 0.5) is 4.79 Å². The van der Waals surface area contributed by atoms with Crippen LogP contribution in [0.25, 0.3) is 0 Å². The van der Waals surface area contributed by atoms with Gasteiger partial charge in [0.25, 0.3) is 0 Å². The molecule has 2 aliphatic rings. The van der Waals surface area contributed by atoms with Gasteiger partial charge in [0, 0.05) is 18.6 Å². The summed E-state index contributed by atoms with van der Waals surface area (Å²) < 4.78 is 5.58. The van der Waals surface area contributed by atoms with Crippen LogP contribution in [0.3, 0.4) is 0 Å². The van der Waals surface area contributed by atoms with Gasteiger partial charge >= 0.3 is 6.09 Å². The molecule has 0 aromatic carbocycles. The van der Waals surface area contributed by atoms with Crippen molar-refractivity contribution in [1.82, 2.24) is 4.90 Å². The summed E-state index contributed by atoms with van der Waals surface area (Å²) in [6, 6.07) is 0.533. The number of carbonyl (C=O) groups excluding carboxylic acids is 1. The van der Waals surface area contributed by atoms with Crippen LogP contribution >= 0.6 is 0 Å². The number of amides is 1. The summed E-state index contributed by atoms with van der Waals surface area (Å²) in [5.41, 5.74) is 5.90. The van der Waals surface area contributed by atoms with E-state index in [0.717, 1.165) is 32.2 Å². The molecule has 20 heavy (non-hydrogen) atoms. The molecule has 1 heterocycles. The monoisotopic (exact) mass is 282 g/mol. The molecule has 1 aliphatic carbocycles. The van der Waals surface area contributed by atoms with Gasteiger partial charge in [-0.25, -0.2) is 4.79 Å². The van der Waals surface area contributed by atoms with Crippen molar-refractivity contribution in [3.8, 4) is 0 Å². The second kappa shape index (κ2) is 6.33. The number of piperidine rings is 1. The van der Waals surface area contributed by atoms with Gasteiger partial charge in [-0.2, -0.15) is 0 Å². The molecule has 116 valence electrons. The maximum absolute atomic E-state index is 12.4. The quantitative estimate of drug-likeness (QED) is 0.803. The third-order valence-corrected chi connectivity index (χ3v) is 4.55. The van der Waals surface area contributed by atoms with E-state index in [-0.39, 0.29) is 18.2 Å². The minimum Gasteiger partial charge on any atom is -0.444 e. The average molecular weight is 282 g/mol. The molecule has 0 aromatic rings. The summed E-state index contributed by atoms with van der Waals surface area (Å²) in [5.74, 6) is 0.455. The van der Waals surface area contributed by atoms with Crippen LogP contribution in [-0.2, 0) is 4.74 Å². The van der Waals surface area contributed by atoms with Gasteiger partial charge in [0.1, 0.15) is 5.60 Å². The second-order valence-electron chi connectivity index (χ2n) is 7.35. The lowest BCUT2D eigenvalue weighted by Gasteiger charge is -2.44. The molecule has 4 heteroatoms. The van der Waals surface area contributed by atoms with Crippen LogP contribution in [0.5, 0.6) is 0 Å². The fraction of sp³-hybridized carbons (Fsp3) is 0.938. The number of carbonyl (C=O) groups is 1. The van der Waals surface area contributed by atoms with E-state index in [1.807, 2.05) is 25.7 Å². The van der Waals surface area contributed by atoms with E-state index in [1.54, 1.807) is 0 Å². The van der Waals surface area contributed by atoms with E-state index in [9.17, 15) is 4.79 Å². The van der Waals surface area contributed by atoms with Gasteiger partial charge in [0.2, 0.25) is 0 Å². The van der Waals surface area contributed by atoms with E-state index in [1.165, 1.54) is 19.3 Å². The van der Waals surface area contributed by atoms with Gasteiger partial charge in [-0.3, -0.25) is 0 Å². The highest BCUT2D eigenvalue weighted by molar-refractivity contribution is 5.68. The Labute approximate surface area is 123 Å². The molecule has 1 amide bonds. The smallest absolute Gasteiger partial charge is 0.410 e. The fourth-order valence-electron chi connectivity index (χ4n) is 3.62. The largest absolute Gasteiger partial charge is 0.444 e. The van der Waals surface area contributed by atoms with Crippen molar-refractivity contribution in [2.45, 2.75) is 83.4 Å². The topological polar surface area (TPSA) is 55.6 Å². The number of hydrogen-bond acceptors (Lipinski definition) is 3. The van der Waals surface area contributed by atoms with Crippen molar-refractivity contribution in [3.63, 3.8) is 0 Å². The molecule has 0 aromatic heterocycles. The summed E-state index contributed by atoms with van der Waals surface area (Å²) in [6.45, 7) is 6.60. The Balaban J connectivity index is 2.06. The molecule has 0 spiro atoms. The van der Waals surface area contributed by atoms with Crippen molar-refractivity contribution < 1.29 is 9.53 Å². The minimum absolute atomic E-state index is 0.153. The summed E-state index contributed by atoms with van der Waals surface area (Å²) >= 11 is 0. The van der Waals surface area contributed by atoms with Crippen LogP contribution < -0.4 is 5.73 Å².